The lowest BCUT2D eigenvalue weighted by Crippen LogP contribution is -2.00. The molecule has 4 heteroatoms. The third-order valence-corrected chi connectivity index (χ3v) is 3.61. The minimum atomic E-state index is -0.263. The van der Waals surface area contributed by atoms with Crippen LogP contribution in [0.2, 0.25) is 0 Å². The van der Waals surface area contributed by atoms with E-state index in [0.717, 1.165) is 15.8 Å². The molecule has 0 heterocycles. The Morgan fingerprint density at radius 1 is 1.06 bits per heavy atom. The van der Waals surface area contributed by atoms with Crippen molar-refractivity contribution in [2.24, 2.45) is 0 Å². The lowest BCUT2D eigenvalue weighted by Gasteiger charge is -2.10. The van der Waals surface area contributed by atoms with E-state index in [-0.39, 0.29) is 12.4 Å². The number of para-hydroxylation sites is 1. The first-order valence-corrected chi connectivity index (χ1v) is 7.32. The predicted molar refractivity (Wildman–Crippen MR) is 77.5 cm³/mol. The zero-order valence-corrected chi connectivity index (χ0v) is 12.7. The van der Waals surface area contributed by atoms with Gasteiger partial charge in [0.05, 0.1) is 0 Å². The molecule has 2 aromatic carbocycles. The quantitative estimate of drug-likeness (QED) is 0.680. The molecule has 2 rings (SSSR count). The lowest BCUT2D eigenvalue weighted by atomic mass is 10.2. The molecular weight excluding hydrogens is 363 g/mol. The largest absolute Gasteiger partial charge is 0.488 e. The van der Waals surface area contributed by atoms with E-state index in [1.165, 1.54) is 6.07 Å². The van der Waals surface area contributed by atoms with Gasteiger partial charge in [0.1, 0.15) is 18.2 Å². The van der Waals surface area contributed by atoms with Gasteiger partial charge in [0, 0.05) is 20.9 Å². The number of hydrogen-bond acceptors (Lipinski definition) is 1. The SMILES string of the molecule is Fc1cc(Br)ccc1COc1ccccc1CBr. The number of halogens is 3. The molecule has 0 aliphatic heterocycles. The molecule has 1 nitrogen and oxygen atoms in total. The molecular formula is C14H11Br2FO. The highest BCUT2D eigenvalue weighted by molar-refractivity contribution is 9.10. The Morgan fingerprint density at radius 3 is 2.56 bits per heavy atom. The van der Waals surface area contributed by atoms with Crippen molar-refractivity contribution in [1.29, 1.82) is 0 Å². The van der Waals surface area contributed by atoms with Gasteiger partial charge in [0.15, 0.2) is 0 Å². The van der Waals surface area contributed by atoms with Crippen LogP contribution in [0.15, 0.2) is 46.9 Å². The topological polar surface area (TPSA) is 9.23 Å². The van der Waals surface area contributed by atoms with Crippen LogP contribution in [-0.4, -0.2) is 0 Å². The Bertz CT molecular complexity index is 543. The minimum absolute atomic E-state index is 0.225. The molecule has 0 unspecified atom stereocenters. The smallest absolute Gasteiger partial charge is 0.130 e. The monoisotopic (exact) mass is 372 g/mol. The Labute approximate surface area is 122 Å². The summed E-state index contributed by atoms with van der Waals surface area (Å²) in [6.07, 6.45) is 0. The van der Waals surface area contributed by atoms with Gasteiger partial charge >= 0.3 is 0 Å². The fourth-order valence-corrected chi connectivity index (χ4v) is 2.35. The molecule has 0 saturated heterocycles. The van der Waals surface area contributed by atoms with Crippen LogP contribution < -0.4 is 4.74 Å². The van der Waals surface area contributed by atoms with Gasteiger partial charge < -0.3 is 4.74 Å². The maximum atomic E-state index is 13.6. The standard InChI is InChI=1S/C14H11Br2FO/c15-8-10-3-1-2-4-14(10)18-9-11-5-6-12(16)7-13(11)17/h1-7H,8-9H2. The highest BCUT2D eigenvalue weighted by Crippen LogP contribution is 2.23. The second-order valence-corrected chi connectivity index (χ2v) is 5.24. The van der Waals surface area contributed by atoms with Gasteiger partial charge in [-0.2, -0.15) is 0 Å². The Morgan fingerprint density at radius 2 is 1.83 bits per heavy atom. The number of alkyl halides is 1. The summed E-state index contributed by atoms with van der Waals surface area (Å²) in [6, 6.07) is 12.7. The minimum Gasteiger partial charge on any atom is -0.488 e. The highest BCUT2D eigenvalue weighted by atomic mass is 79.9. The zero-order valence-electron chi connectivity index (χ0n) is 9.50. The Balaban J connectivity index is 2.11. The summed E-state index contributed by atoms with van der Waals surface area (Å²) < 4.78 is 20.0. The van der Waals surface area contributed by atoms with Crippen LogP contribution in [0.5, 0.6) is 5.75 Å². The van der Waals surface area contributed by atoms with Crippen LogP contribution >= 0.6 is 31.9 Å². The molecule has 0 spiro atoms. The van der Waals surface area contributed by atoms with E-state index >= 15 is 0 Å². The van der Waals surface area contributed by atoms with E-state index in [4.69, 9.17) is 4.74 Å². The van der Waals surface area contributed by atoms with Crippen molar-refractivity contribution < 1.29 is 9.13 Å². The number of hydrogen-bond donors (Lipinski definition) is 0. The van der Waals surface area contributed by atoms with Crippen LogP contribution in [-0.2, 0) is 11.9 Å². The molecule has 0 amide bonds. The van der Waals surface area contributed by atoms with E-state index in [2.05, 4.69) is 31.9 Å². The van der Waals surface area contributed by atoms with Crippen LogP contribution in [0, 0.1) is 5.82 Å². The first kappa shape index (κ1) is 13.6. The molecule has 94 valence electrons. The summed E-state index contributed by atoms with van der Waals surface area (Å²) in [5.41, 5.74) is 1.59. The van der Waals surface area contributed by atoms with E-state index in [9.17, 15) is 4.39 Å². The fraction of sp³-hybridized carbons (Fsp3) is 0.143. The number of rotatable bonds is 4. The maximum absolute atomic E-state index is 13.6. The Hall–Kier alpha value is -0.870. The van der Waals surface area contributed by atoms with Crippen molar-refractivity contribution in [2.45, 2.75) is 11.9 Å². The highest BCUT2D eigenvalue weighted by Gasteiger charge is 2.06. The second-order valence-electron chi connectivity index (χ2n) is 3.77. The molecule has 18 heavy (non-hydrogen) atoms. The average molecular weight is 374 g/mol. The molecule has 0 N–H and O–H groups in total. The van der Waals surface area contributed by atoms with Crippen LogP contribution in [0.1, 0.15) is 11.1 Å². The molecule has 2 aromatic rings. The number of ether oxygens (including phenoxy) is 1. The lowest BCUT2D eigenvalue weighted by molar-refractivity contribution is 0.297. The molecule has 0 aliphatic rings. The van der Waals surface area contributed by atoms with Gasteiger partial charge in [-0.05, 0) is 18.2 Å². The summed E-state index contributed by atoms with van der Waals surface area (Å²) >= 11 is 6.63. The van der Waals surface area contributed by atoms with Crippen molar-refractivity contribution in [2.75, 3.05) is 0 Å². The molecule has 0 saturated carbocycles. The molecule has 0 radical (unpaired) electrons. The van der Waals surface area contributed by atoms with Gasteiger partial charge in [-0.25, -0.2) is 4.39 Å². The molecule has 0 aliphatic carbocycles. The van der Waals surface area contributed by atoms with E-state index in [1.54, 1.807) is 12.1 Å². The molecule has 0 bridgehead atoms. The molecule has 0 atom stereocenters. The predicted octanol–water partition coefficient (Wildman–Crippen LogP) is 5.06. The van der Waals surface area contributed by atoms with Crippen LogP contribution in [0.25, 0.3) is 0 Å². The summed E-state index contributed by atoms with van der Waals surface area (Å²) in [6.45, 7) is 0.225. The first-order valence-electron chi connectivity index (χ1n) is 5.41. The van der Waals surface area contributed by atoms with Crippen molar-refractivity contribution in [3.05, 3.63) is 63.9 Å². The zero-order chi connectivity index (χ0) is 13.0. The normalized spacial score (nSPS) is 10.4. The van der Waals surface area contributed by atoms with Gasteiger partial charge in [0.2, 0.25) is 0 Å². The molecule has 0 aromatic heterocycles. The van der Waals surface area contributed by atoms with Crippen molar-refractivity contribution in [1.82, 2.24) is 0 Å². The summed E-state index contributed by atoms with van der Waals surface area (Å²) in [5, 5.41) is 0.714. The second kappa shape index (κ2) is 6.34. The van der Waals surface area contributed by atoms with Crippen LogP contribution in [0.3, 0.4) is 0 Å². The Kier molecular flexibility index (Phi) is 4.78. The van der Waals surface area contributed by atoms with Crippen molar-refractivity contribution in [3.63, 3.8) is 0 Å². The van der Waals surface area contributed by atoms with Crippen LogP contribution in [0.4, 0.5) is 4.39 Å². The van der Waals surface area contributed by atoms with Gasteiger partial charge in [-0.15, -0.1) is 0 Å². The van der Waals surface area contributed by atoms with Gasteiger partial charge in [0.25, 0.3) is 0 Å². The third kappa shape index (κ3) is 3.33. The summed E-state index contributed by atoms with van der Waals surface area (Å²) in [7, 11) is 0. The maximum Gasteiger partial charge on any atom is 0.130 e. The average Bonchev–Trinajstić information content (AvgIpc) is 2.38. The summed E-state index contributed by atoms with van der Waals surface area (Å²) in [4.78, 5) is 0. The van der Waals surface area contributed by atoms with Gasteiger partial charge in [-0.1, -0.05) is 56.1 Å². The number of benzene rings is 2. The summed E-state index contributed by atoms with van der Waals surface area (Å²) in [5.74, 6) is 0.511. The molecule has 0 fully saturated rings. The van der Waals surface area contributed by atoms with Crippen molar-refractivity contribution >= 4 is 31.9 Å². The van der Waals surface area contributed by atoms with E-state index in [1.807, 2.05) is 24.3 Å². The van der Waals surface area contributed by atoms with E-state index in [0.29, 0.717) is 10.9 Å². The van der Waals surface area contributed by atoms with Crippen molar-refractivity contribution in [3.8, 4) is 5.75 Å². The first-order chi connectivity index (χ1) is 8.70. The van der Waals surface area contributed by atoms with E-state index < -0.39 is 0 Å². The van der Waals surface area contributed by atoms with Gasteiger partial charge in [-0.3, -0.25) is 0 Å². The third-order valence-electron chi connectivity index (χ3n) is 2.51. The fourth-order valence-electron chi connectivity index (χ4n) is 1.55.